The largest absolute Gasteiger partial charge is 0.462 e. The van der Waals surface area contributed by atoms with Crippen LogP contribution in [-0.2, 0) is 11.2 Å². The lowest BCUT2D eigenvalue weighted by molar-refractivity contribution is 0.0525. The number of halogens is 1. The zero-order chi connectivity index (χ0) is 14.3. The van der Waals surface area contributed by atoms with E-state index in [-0.39, 0.29) is 0 Å². The average Bonchev–Trinajstić information content (AvgIpc) is 2.78. The SMILES string of the molecule is CCOC(=O)c1c(C)nc2c(c1Cl)Cc1ccccc1-2. The quantitative estimate of drug-likeness (QED) is 0.673. The first-order valence-corrected chi connectivity index (χ1v) is 6.95. The van der Waals surface area contributed by atoms with Crippen molar-refractivity contribution in [1.82, 2.24) is 4.98 Å². The Kier molecular flexibility index (Phi) is 3.22. The summed E-state index contributed by atoms with van der Waals surface area (Å²) in [6, 6.07) is 8.08. The number of nitrogens with zero attached hydrogens (tertiary/aromatic N) is 1. The van der Waals surface area contributed by atoms with E-state index in [0.717, 1.165) is 16.8 Å². The van der Waals surface area contributed by atoms with Gasteiger partial charge in [0.25, 0.3) is 0 Å². The van der Waals surface area contributed by atoms with Gasteiger partial charge in [-0.3, -0.25) is 4.98 Å². The number of ether oxygens (including phenoxy) is 1. The molecule has 0 amide bonds. The van der Waals surface area contributed by atoms with Gasteiger partial charge in [0.1, 0.15) is 0 Å². The lowest BCUT2D eigenvalue weighted by Crippen LogP contribution is -2.10. The summed E-state index contributed by atoms with van der Waals surface area (Å²) >= 11 is 6.44. The second-order valence-electron chi connectivity index (χ2n) is 4.77. The molecule has 0 N–H and O–H groups in total. The highest BCUT2D eigenvalue weighted by molar-refractivity contribution is 6.35. The van der Waals surface area contributed by atoms with Crippen LogP contribution in [0.3, 0.4) is 0 Å². The molecule has 4 heteroatoms. The summed E-state index contributed by atoms with van der Waals surface area (Å²) in [6.45, 7) is 3.89. The van der Waals surface area contributed by atoms with Crippen molar-refractivity contribution in [1.29, 1.82) is 0 Å². The van der Waals surface area contributed by atoms with Crippen molar-refractivity contribution >= 4 is 17.6 Å². The standard InChI is InChI=1S/C16H14ClNO2/c1-3-20-16(19)13-9(2)18-15-11-7-5-4-6-10(11)8-12(15)14(13)17/h4-7H,3,8H2,1-2H3. The zero-order valence-electron chi connectivity index (χ0n) is 11.4. The van der Waals surface area contributed by atoms with Gasteiger partial charge >= 0.3 is 5.97 Å². The van der Waals surface area contributed by atoms with Gasteiger partial charge in [-0.15, -0.1) is 0 Å². The van der Waals surface area contributed by atoms with E-state index in [1.807, 2.05) is 18.2 Å². The van der Waals surface area contributed by atoms with E-state index in [0.29, 0.717) is 29.3 Å². The summed E-state index contributed by atoms with van der Waals surface area (Å²) < 4.78 is 5.06. The van der Waals surface area contributed by atoms with Gasteiger partial charge < -0.3 is 4.74 Å². The molecule has 1 aromatic carbocycles. The van der Waals surface area contributed by atoms with Crippen molar-refractivity contribution in [3.8, 4) is 11.3 Å². The number of aromatic nitrogens is 1. The Labute approximate surface area is 122 Å². The molecule has 0 bridgehead atoms. The van der Waals surface area contributed by atoms with E-state index < -0.39 is 5.97 Å². The van der Waals surface area contributed by atoms with Crippen LogP contribution in [0.15, 0.2) is 24.3 Å². The number of carbonyl (C=O) groups is 1. The maximum Gasteiger partial charge on any atom is 0.341 e. The van der Waals surface area contributed by atoms with Gasteiger partial charge in [-0.1, -0.05) is 35.9 Å². The number of carbonyl (C=O) groups excluding carboxylic acids is 1. The molecule has 3 rings (SSSR count). The maximum atomic E-state index is 12.0. The van der Waals surface area contributed by atoms with E-state index >= 15 is 0 Å². The summed E-state index contributed by atoms with van der Waals surface area (Å²) in [4.78, 5) is 16.6. The molecule has 1 aromatic heterocycles. The molecule has 1 aliphatic rings. The minimum atomic E-state index is -0.402. The maximum absolute atomic E-state index is 12.0. The fourth-order valence-corrected chi connectivity index (χ4v) is 3.00. The van der Waals surface area contributed by atoms with Gasteiger partial charge in [-0.05, 0) is 19.4 Å². The molecule has 0 unspecified atom stereocenters. The molecule has 0 aliphatic heterocycles. The van der Waals surface area contributed by atoms with Crippen molar-refractivity contribution in [3.63, 3.8) is 0 Å². The molecule has 1 aliphatic carbocycles. The molecule has 20 heavy (non-hydrogen) atoms. The Hall–Kier alpha value is -1.87. The number of rotatable bonds is 2. The van der Waals surface area contributed by atoms with Crippen LogP contribution in [0.2, 0.25) is 5.02 Å². The number of benzene rings is 1. The van der Waals surface area contributed by atoms with Crippen LogP contribution >= 0.6 is 11.6 Å². The Bertz CT molecular complexity index is 710. The van der Waals surface area contributed by atoms with E-state index in [1.54, 1.807) is 13.8 Å². The van der Waals surface area contributed by atoms with E-state index in [1.165, 1.54) is 5.56 Å². The summed E-state index contributed by atoms with van der Waals surface area (Å²) in [7, 11) is 0. The van der Waals surface area contributed by atoms with Gasteiger partial charge in [0.05, 0.1) is 28.6 Å². The summed E-state index contributed by atoms with van der Waals surface area (Å²) in [5.41, 5.74) is 5.10. The monoisotopic (exact) mass is 287 g/mol. The number of hydrogen-bond donors (Lipinski definition) is 0. The lowest BCUT2D eigenvalue weighted by Gasteiger charge is -2.11. The third kappa shape index (κ3) is 1.90. The van der Waals surface area contributed by atoms with Gasteiger partial charge in [0.2, 0.25) is 0 Å². The van der Waals surface area contributed by atoms with Crippen LogP contribution in [0.5, 0.6) is 0 Å². The van der Waals surface area contributed by atoms with Crippen molar-refractivity contribution in [3.05, 3.63) is 51.7 Å². The fraction of sp³-hybridized carbons (Fsp3) is 0.250. The Morgan fingerprint density at radius 3 is 2.90 bits per heavy atom. The van der Waals surface area contributed by atoms with Crippen LogP contribution in [0.4, 0.5) is 0 Å². The van der Waals surface area contributed by atoms with Gasteiger partial charge in [-0.2, -0.15) is 0 Å². The van der Waals surface area contributed by atoms with Gasteiger partial charge in [0, 0.05) is 17.5 Å². The molecule has 0 atom stereocenters. The minimum Gasteiger partial charge on any atom is -0.462 e. The molecular formula is C16H14ClNO2. The van der Waals surface area contributed by atoms with Crippen molar-refractivity contribution < 1.29 is 9.53 Å². The zero-order valence-corrected chi connectivity index (χ0v) is 12.1. The number of aryl methyl sites for hydroxylation is 1. The summed E-state index contributed by atoms with van der Waals surface area (Å²) in [5.74, 6) is -0.402. The van der Waals surface area contributed by atoms with Crippen LogP contribution in [0.25, 0.3) is 11.3 Å². The first-order valence-electron chi connectivity index (χ1n) is 6.57. The molecule has 3 nitrogen and oxygen atoms in total. The minimum absolute atomic E-state index is 0.325. The second-order valence-corrected chi connectivity index (χ2v) is 5.15. The van der Waals surface area contributed by atoms with E-state index in [2.05, 4.69) is 11.1 Å². The number of pyridine rings is 1. The third-order valence-corrected chi connectivity index (χ3v) is 3.95. The van der Waals surface area contributed by atoms with Crippen LogP contribution in [0, 0.1) is 6.92 Å². The molecule has 0 saturated heterocycles. The fourth-order valence-electron chi connectivity index (χ4n) is 2.63. The first-order chi connectivity index (χ1) is 9.63. The molecule has 0 saturated carbocycles. The normalized spacial score (nSPS) is 11.9. The van der Waals surface area contributed by atoms with E-state index in [4.69, 9.17) is 16.3 Å². The Morgan fingerprint density at radius 1 is 1.40 bits per heavy atom. The Balaban J connectivity index is 2.18. The highest BCUT2D eigenvalue weighted by Crippen LogP contribution is 2.40. The molecule has 0 radical (unpaired) electrons. The highest BCUT2D eigenvalue weighted by Gasteiger charge is 2.27. The van der Waals surface area contributed by atoms with Crippen molar-refractivity contribution in [2.24, 2.45) is 0 Å². The number of esters is 1. The summed E-state index contributed by atoms with van der Waals surface area (Å²) in [6.07, 6.45) is 0.712. The van der Waals surface area contributed by atoms with Crippen LogP contribution in [0.1, 0.15) is 34.1 Å². The first kappa shape index (κ1) is 13.1. The van der Waals surface area contributed by atoms with Crippen molar-refractivity contribution in [2.45, 2.75) is 20.3 Å². The molecule has 2 aromatic rings. The average molecular weight is 288 g/mol. The smallest absolute Gasteiger partial charge is 0.341 e. The van der Waals surface area contributed by atoms with Crippen molar-refractivity contribution in [2.75, 3.05) is 6.61 Å². The Morgan fingerprint density at radius 2 is 2.15 bits per heavy atom. The highest BCUT2D eigenvalue weighted by atomic mass is 35.5. The second kappa shape index (κ2) is 4.91. The van der Waals surface area contributed by atoms with Crippen LogP contribution < -0.4 is 0 Å². The summed E-state index contributed by atoms with van der Waals surface area (Å²) in [5, 5.41) is 0.474. The molecule has 0 fully saturated rings. The molecular weight excluding hydrogens is 274 g/mol. The van der Waals surface area contributed by atoms with Gasteiger partial charge in [0.15, 0.2) is 0 Å². The van der Waals surface area contributed by atoms with E-state index in [9.17, 15) is 4.79 Å². The number of hydrogen-bond acceptors (Lipinski definition) is 3. The van der Waals surface area contributed by atoms with Gasteiger partial charge in [-0.25, -0.2) is 4.79 Å². The predicted molar refractivity (Wildman–Crippen MR) is 78.2 cm³/mol. The third-order valence-electron chi connectivity index (χ3n) is 3.53. The topological polar surface area (TPSA) is 39.2 Å². The van der Waals surface area contributed by atoms with Crippen LogP contribution in [-0.4, -0.2) is 17.6 Å². The molecule has 0 spiro atoms. The molecule has 102 valence electrons. The number of fused-ring (bicyclic) bond motifs is 3. The molecule has 1 heterocycles. The predicted octanol–water partition coefficient (Wildman–Crippen LogP) is 3.79. The lowest BCUT2D eigenvalue weighted by atomic mass is 10.1.